The number of fused-ring (bicyclic) bond motifs is 1. The van der Waals surface area contributed by atoms with Gasteiger partial charge in [-0.3, -0.25) is 14.3 Å². The molecule has 0 saturated carbocycles. The van der Waals surface area contributed by atoms with Gasteiger partial charge in [-0.05, 0) is 61.0 Å². The molecule has 4 N–H and O–H groups in total. The summed E-state index contributed by atoms with van der Waals surface area (Å²) in [6.45, 7) is 3.41. The Bertz CT molecular complexity index is 2010. The van der Waals surface area contributed by atoms with E-state index in [2.05, 4.69) is 20.0 Å². The van der Waals surface area contributed by atoms with E-state index in [0.29, 0.717) is 40.1 Å². The van der Waals surface area contributed by atoms with E-state index in [9.17, 15) is 18.0 Å². The van der Waals surface area contributed by atoms with Gasteiger partial charge >= 0.3 is 0 Å². The largest absolute Gasteiger partial charge is 0.492 e. The molecule has 0 fully saturated rings. The van der Waals surface area contributed by atoms with Crippen LogP contribution in [0.4, 0.5) is 17.3 Å². The molecule has 2 heterocycles. The lowest BCUT2D eigenvalue weighted by Gasteiger charge is -2.15. The van der Waals surface area contributed by atoms with Crippen LogP contribution in [0.1, 0.15) is 13.8 Å². The summed E-state index contributed by atoms with van der Waals surface area (Å²) >= 11 is 0. The predicted molar refractivity (Wildman–Crippen MR) is 164 cm³/mol. The number of rotatable bonds is 9. The smallest absolute Gasteiger partial charge is 0.267 e. The number of nitrogens with zero attached hydrogens (tertiary/aromatic N) is 3. The fourth-order valence-electron chi connectivity index (χ4n) is 4.50. The molecule has 0 aliphatic heterocycles. The molecule has 0 spiro atoms. The third-order valence-corrected chi connectivity index (χ3v) is 7.77. The molecule has 220 valence electrons. The molecular formula is C30H28N6O6S. The molecule has 5 aromatic rings. The van der Waals surface area contributed by atoms with Crippen molar-refractivity contribution < 1.29 is 22.7 Å². The number of hydrogen-bond acceptors (Lipinski definition) is 9. The Morgan fingerprint density at radius 2 is 1.77 bits per heavy atom. The molecule has 0 aliphatic rings. The minimum absolute atomic E-state index is 0.0296. The van der Waals surface area contributed by atoms with Gasteiger partial charge in [0.2, 0.25) is 17.7 Å². The van der Waals surface area contributed by atoms with Crippen molar-refractivity contribution in [3.8, 4) is 28.4 Å². The highest BCUT2D eigenvalue weighted by atomic mass is 32.2. The highest BCUT2D eigenvalue weighted by Gasteiger charge is 2.21. The maximum Gasteiger partial charge on any atom is 0.267 e. The second-order valence-electron chi connectivity index (χ2n) is 9.34. The number of nitrogens with one attached hydrogen (secondary N) is 2. The number of aromatic nitrogens is 3. The summed E-state index contributed by atoms with van der Waals surface area (Å²) in [6, 6.07) is 19.7. The van der Waals surface area contributed by atoms with E-state index in [-0.39, 0.29) is 39.6 Å². The average molecular weight is 601 g/mol. The molecule has 12 nitrogen and oxygen atoms in total. The number of amides is 1. The Labute approximate surface area is 247 Å². The van der Waals surface area contributed by atoms with Crippen molar-refractivity contribution in [1.29, 1.82) is 0 Å². The fraction of sp³-hybridized carbons (Fsp3) is 0.133. The highest BCUT2D eigenvalue weighted by Crippen LogP contribution is 2.33. The molecule has 0 bridgehead atoms. The van der Waals surface area contributed by atoms with Crippen molar-refractivity contribution in [2.45, 2.75) is 18.7 Å². The zero-order valence-electron chi connectivity index (χ0n) is 23.5. The van der Waals surface area contributed by atoms with Crippen molar-refractivity contribution in [1.82, 2.24) is 14.5 Å². The molecule has 0 aliphatic carbocycles. The van der Waals surface area contributed by atoms with Crippen LogP contribution in [-0.4, -0.2) is 42.6 Å². The second kappa shape index (κ2) is 11.8. The van der Waals surface area contributed by atoms with Crippen LogP contribution in [0.15, 0.2) is 88.7 Å². The predicted octanol–water partition coefficient (Wildman–Crippen LogP) is 4.20. The van der Waals surface area contributed by atoms with Gasteiger partial charge in [-0.1, -0.05) is 24.3 Å². The summed E-state index contributed by atoms with van der Waals surface area (Å²) in [5, 5.41) is 2.90. The van der Waals surface area contributed by atoms with Crippen LogP contribution in [0.25, 0.3) is 27.7 Å². The molecule has 3 aromatic carbocycles. The van der Waals surface area contributed by atoms with E-state index < -0.39 is 10.0 Å². The minimum Gasteiger partial charge on any atom is -0.492 e. The van der Waals surface area contributed by atoms with Gasteiger partial charge in [0.05, 0.1) is 40.9 Å². The number of ether oxygens (including phenoxy) is 2. The molecule has 13 heteroatoms. The van der Waals surface area contributed by atoms with E-state index in [4.69, 9.17) is 15.2 Å². The van der Waals surface area contributed by atoms with Crippen LogP contribution < -0.4 is 30.8 Å². The first-order valence-corrected chi connectivity index (χ1v) is 14.6. The Hall–Kier alpha value is -5.43. The number of para-hydroxylation sites is 1. The lowest BCUT2D eigenvalue weighted by Crippen LogP contribution is -2.23. The van der Waals surface area contributed by atoms with Gasteiger partial charge in [0.15, 0.2) is 0 Å². The number of carbonyl (C=O) groups excluding carboxylic acids is 1. The van der Waals surface area contributed by atoms with Crippen LogP contribution in [0, 0.1) is 0 Å². The SMILES string of the molecule is CCOc1ccc(S(=O)(=O)Nc2cc(-c3ccc4nc(N)n(-c5ccccc5)c(=O)c4c3)cnc2OC)cc1NC(C)=O. The van der Waals surface area contributed by atoms with E-state index in [0.717, 1.165) is 0 Å². The number of methoxy groups -OCH3 is 1. The number of pyridine rings is 1. The molecule has 0 unspecified atom stereocenters. The van der Waals surface area contributed by atoms with Crippen molar-refractivity contribution in [2.75, 3.05) is 29.5 Å². The number of sulfonamides is 1. The van der Waals surface area contributed by atoms with E-state index in [1.807, 2.05) is 6.07 Å². The lowest BCUT2D eigenvalue weighted by atomic mass is 10.0. The number of anilines is 3. The summed E-state index contributed by atoms with van der Waals surface area (Å²) in [4.78, 5) is 33.7. The first-order chi connectivity index (χ1) is 20.6. The van der Waals surface area contributed by atoms with Gasteiger partial charge in [-0.2, -0.15) is 0 Å². The average Bonchev–Trinajstić information content (AvgIpc) is 2.98. The molecule has 5 rings (SSSR count). The zero-order chi connectivity index (χ0) is 30.7. The highest BCUT2D eigenvalue weighted by molar-refractivity contribution is 7.92. The quantitative estimate of drug-likeness (QED) is 0.225. The Morgan fingerprint density at radius 3 is 2.47 bits per heavy atom. The third kappa shape index (κ3) is 5.97. The molecule has 2 aromatic heterocycles. The van der Waals surface area contributed by atoms with E-state index in [1.165, 1.54) is 43.0 Å². The van der Waals surface area contributed by atoms with Crippen LogP contribution >= 0.6 is 0 Å². The lowest BCUT2D eigenvalue weighted by molar-refractivity contribution is -0.114. The maximum atomic E-state index is 13.5. The van der Waals surface area contributed by atoms with Gasteiger partial charge in [-0.15, -0.1) is 0 Å². The van der Waals surface area contributed by atoms with Crippen LogP contribution in [0.2, 0.25) is 0 Å². The second-order valence-corrected chi connectivity index (χ2v) is 11.0. The maximum absolute atomic E-state index is 13.5. The standard InChI is InChI=1S/C30H28N6O6S/c1-4-42-27-13-11-22(16-25(27)33-18(2)37)43(39,40)35-26-15-20(17-32-28(26)41-3)19-10-12-24-23(14-19)29(38)36(30(31)34-24)21-8-6-5-7-9-21/h5-17,35H,4H2,1-3H3,(H2,31,34)(H,33,37). The number of nitrogen functional groups attached to an aromatic ring is 1. The molecule has 0 atom stereocenters. The zero-order valence-corrected chi connectivity index (χ0v) is 24.3. The minimum atomic E-state index is -4.17. The normalized spacial score (nSPS) is 11.2. The number of carbonyl (C=O) groups is 1. The molecule has 43 heavy (non-hydrogen) atoms. The van der Waals surface area contributed by atoms with Gasteiger partial charge in [0.1, 0.15) is 11.4 Å². The third-order valence-electron chi connectivity index (χ3n) is 6.40. The van der Waals surface area contributed by atoms with Gasteiger partial charge in [0, 0.05) is 18.7 Å². The Kier molecular flexibility index (Phi) is 7.99. The molecule has 0 saturated heterocycles. The topological polar surface area (TPSA) is 168 Å². The number of nitrogens with two attached hydrogens (primary N) is 1. The van der Waals surface area contributed by atoms with Crippen LogP contribution in [0.5, 0.6) is 11.6 Å². The van der Waals surface area contributed by atoms with Crippen LogP contribution in [-0.2, 0) is 14.8 Å². The monoisotopic (exact) mass is 600 g/mol. The molecule has 1 amide bonds. The van der Waals surface area contributed by atoms with Gasteiger partial charge in [0.25, 0.3) is 15.6 Å². The van der Waals surface area contributed by atoms with E-state index in [1.54, 1.807) is 55.5 Å². The molecular weight excluding hydrogens is 572 g/mol. The van der Waals surface area contributed by atoms with Crippen molar-refractivity contribution in [2.24, 2.45) is 0 Å². The van der Waals surface area contributed by atoms with Gasteiger partial charge in [-0.25, -0.2) is 23.0 Å². The Balaban J connectivity index is 1.55. The fourth-order valence-corrected chi connectivity index (χ4v) is 5.58. The number of benzene rings is 3. The molecule has 0 radical (unpaired) electrons. The summed E-state index contributed by atoms with van der Waals surface area (Å²) in [5.41, 5.74) is 8.11. The summed E-state index contributed by atoms with van der Waals surface area (Å²) in [7, 11) is -2.81. The summed E-state index contributed by atoms with van der Waals surface area (Å²) < 4.78 is 41.5. The van der Waals surface area contributed by atoms with Gasteiger partial charge < -0.3 is 20.5 Å². The van der Waals surface area contributed by atoms with Crippen molar-refractivity contribution in [3.63, 3.8) is 0 Å². The first kappa shape index (κ1) is 29.1. The van der Waals surface area contributed by atoms with Crippen LogP contribution in [0.3, 0.4) is 0 Å². The summed E-state index contributed by atoms with van der Waals surface area (Å²) in [5.74, 6) is 0.0276. The first-order valence-electron chi connectivity index (χ1n) is 13.1. The van der Waals surface area contributed by atoms with E-state index >= 15 is 0 Å². The summed E-state index contributed by atoms with van der Waals surface area (Å²) in [6.07, 6.45) is 1.50. The Morgan fingerprint density at radius 1 is 1.00 bits per heavy atom. The van der Waals surface area contributed by atoms with Crippen molar-refractivity contribution in [3.05, 3.63) is 89.3 Å². The van der Waals surface area contributed by atoms with Crippen molar-refractivity contribution >= 4 is 44.2 Å². The number of hydrogen-bond donors (Lipinski definition) is 3.